The average molecular weight is 564 g/mol. The summed E-state index contributed by atoms with van der Waals surface area (Å²) in [7, 11) is -4.19. The van der Waals surface area contributed by atoms with Crippen molar-refractivity contribution in [1.29, 1.82) is 0 Å². The van der Waals surface area contributed by atoms with Gasteiger partial charge in [0.05, 0.1) is 0 Å². The van der Waals surface area contributed by atoms with Gasteiger partial charge in [0.1, 0.15) is 0 Å². The molecule has 0 spiro atoms. The third-order valence-electron chi connectivity index (χ3n) is 5.86. The summed E-state index contributed by atoms with van der Waals surface area (Å²) in [6.07, 6.45) is 1.52. The van der Waals surface area contributed by atoms with Crippen molar-refractivity contribution in [1.82, 2.24) is 0 Å². The number of hydrogen-bond donors (Lipinski definition) is 0. The zero-order valence-corrected chi connectivity index (χ0v) is 22.7. The van der Waals surface area contributed by atoms with Crippen LogP contribution in [0, 0.1) is 0 Å². The molecule has 0 aliphatic rings. The first-order valence-electron chi connectivity index (χ1n) is 10.6. The minimum absolute atomic E-state index is 0.526. The molecule has 0 atom stereocenters. The molecular formula is C27H22Cl3O3PS. The average Bonchev–Trinajstić information content (AvgIpc) is 2.84. The molecule has 3 nitrogen and oxygen atoms in total. The third kappa shape index (κ3) is 5.34. The van der Waals surface area contributed by atoms with Gasteiger partial charge in [-0.1, -0.05) is 0 Å². The van der Waals surface area contributed by atoms with E-state index in [-0.39, 0.29) is 0 Å². The molecule has 0 aromatic heterocycles. The van der Waals surface area contributed by atoms with E-state index in [9.17, 15) is 8.42 Å². The molecule has 4 aromatic carbocycles. The van der Waals surface area contributed by atoms with Crippen LogP contribution in [0.4, 0.5) is 0 Å². The first kappa shape index (κ1) is 25.9. The third-order valence-corrected chi connectivity index (χ3v) is 14.0. The van der Waals surface area contributed by atoms with Gasteiger partial charge in [0.15, 0.2) is 0 Å². The van der Waals surface area contributed by atoms with Crippen LogP contribution in [0.5, 0.6) is 0 Å². The summed E-state index contributed by atoms with van der Waals surface area (Å²) in [5.41, 5.74) is 0.737. The summed E-state index contributed by atoms with van der Waals surface area (Å²) >= 11 is 18.6. The molecule has 0 saturated heterocycles. The van der Waals surface area contributed by atoms with Crippen LogP contribution in [0.2, 0.25) is 15.1 Å². The standard InChI is InChI=1S/C27H22Cl3O3PS/c1-34(25-13-7-22(28)8-14-25,26-15-9-23(29)10-16-26,27-17-11-24(30)12-18-27)33-35(31,32)20-19-21-5-3-2-4-6-21/h2-20H,1H3. The maximum absolute atomic E-state index is 13.6. The number of hydrogen-bond acceptors (Lipinski definition) is 3. The van der Waals surface area contributed by atoms with Crippen LogP contribution in [0.25, 0.3) is 6.08 Å². The number of rotatable bonds is 7. The normalized spacial score (nSPS) is 13.4. The zero-order chi connectivity index (χ0) is 25.1. The van der Waals surface area contributed by atoms with E-state index in [1.165, 1.54) is 6.08 Å². The molecule has 0 aliphatic heterocycles. The van der Waals surface area contributed by atoms with Crippen LogP contribution in [0.1, 0.15) is 5.56 Å². The second kappa shape index (κ2) is 10.1. The number of halogens is 3. The van der Waals surface area contributed by atoms with Gasteiger partial charge in [-0.05, 0) is 0 Å². The molecule has 4 rings (SSSR count). The van der Waals surface area contributed by atoms with E-state index in [4.69, 9.17) is 38.8 Å². The van der Waals surface area contributed by atoms with E-state index in [0.29, 0.717) is 31.0 Å². The van der Waals surface area contributed by atoms with Gasteiger partial charge >= 0.3 is 222 Å². The van der Waals surface area contributed by atoms with Gasteiger partial charge in [-0.2, -0.15) is 0 Å². The Labute approximate surface area is 221 Å². The Balaban J connectivity index is 2.01. The minimum atomic E-state index is -4.19. The van der Waals surface area contributed by atoms with Crippen LogP contribution >= 0.6 is 41.6 Å². The zero-order valence-electron chi connectivity index (χ0n) is 18.7. The predicted octanol–water partition coefficient (Wildman–Crippen LogP) is 7.04. The van der Waals surface area contributed by atoms with Gasteiger partial charge < -0.3 is 0 Å². The van der Waals surface area contributed by atoms with Crippen molar-refractivity contribution in [3.8, 4) is 0 Å². The maximum atomic E-state index is 13.6. The summed E-state index contributed by atoms with van der Waals surface area (Å²) in [4.78, 5) is 0. The molecule has 0 amide bonds. The van der Waals surface area contributed by atoms with Gasteiger partial charge in [-0.3, -0.25) is 0 Å². The topological polar surface area (TPSA) is 43.4 Å². The van der Waals surface area contributed by atoms with Crippen LogP contribution in [0.15, 0.2) is 109 Å². The summed E-state index contributed by atoms with van der Waals surface area (Å²) in [6, 6.07) is 30.3. The first-order valence-corrected chi connectivity index (χ1v) is 15.8. The van der Waals surface area contributed by atoms with E-state index >= 15 is 0 Å². The molecule has 0 saturated carbocycles. The quantitative estimate of drug-likeness (QED) is 0.227. The molecular weight excluding hydrogens is 542 g/mol. The van der Waals surface area contributed by atoms with Crippen molar-refractivity contribution in [3.05, 3.63) is 129 Å². The van der Waals surface area contributed by atoms with Crippen LogP contribution in [0.3, 0.4) is 0 Å². The summed E-state index contributed by atoms with van der Waals surface area (Å²) < 4.78 is 33.6. The molecule has 180 valence electrons. The van der Waals surface area contributed by atoms with Crippen molar-refractivity contribution < 1.29 is 12.4 Å². The van der Waals surface area contributed by atoms with Gasteiger partial charge in [0.2, 0.25) is 0 Å². The summed E-state index contributed by atoms with van der Waals surface area (Å²) in [6.45, 7) is -2.25. The van der Waals surface area contributed by atoms with Gasteiger partial charge in [-0.25, -0.2) is 0 Å². The second-order valence-electron chi connectivity index (χ2n) is 8.17. The van der Waals surface area contributed by atoms with Crippen molar-refractivity contribution in [2.24, 2.45) is 0 Å². The molecule has 0 aliphatic carbocycles. The van der Waals surface area contributed by atoms with E-state index in [0.717, 1.165) is 11.0 Å². The molecule has 0 N–H and O–H groups in total. The molecule has 35 heavy (non-hydrogen) atoms. The Morgan fingerprint density at radius 2 is 1.00 bits per heavy atom. The Bertz CT molecular complexity index is 1340. The van der Waals surface area contributed by atoms with Gasteiger partial charge in [0.25, 0.3) is 0 Å². The summed E-state index contributed by atoms with van der Waals surface area (Å²) in [5, 5.41) is 4.72. The molecule has 0 bridgehead atoms. The van der Waals surface area contributed by atoms with E-state index in [1.54, 1.807) is 72.8 Å². The van der Waals surface area contributed by atoms with Gasteiger partial charge in [-0.15, -0.1) is 0 Å². The molecule has 8 heteroatoms. The Hall–Kier alpha value is -2.17. The Kier molecular flexibility index (Phi) is 7.45. The van der Waals surface area contributed by atoms with Crippen LogP contribution in [-0.2, 0) is 14.1 Å². The van der Waals surface area contributed by atoms with Gasteiger partial charge in [0, 0.05) is 0 Å². The van der Waals surface area contributed by atoms with Crippen molar-refractivity contribution in [3.63, 3.8) is 0 Å². The van der Waals surface area contributed by atoms with Crippen LogP contribution < -0.4 is 15.9 Å². The summed E-state index contributed by atoms with van der Waals surface area (Å²) in [5.74, 6) is 0. The monoisotopic (exact) mass is 562 g/mol. The molecule has 0 radical (unpaired) electrons. The molecule has 4 aromatic rings. The predicted molar refractivity (Wildman–Crippen MR) is 152 cm³/mol. The molecule has 0 fully saturated rings. The van der Waals surface area contributed by atoms with Crippen molar-refractivity contribution >= 4 is 73.7 Å². The van der Waals surface area contributed by atoms with E-state index < -0.39 is 16.9 Å². The van der Waals surface area contributed by atoms with Crippen molar-refractivity contribution in [2.45, 2.75) is 0 Å². The molecule has 0 unspecified atom stereocenters. The SMILES string of the molecule is CP(OS(=O)(=O)C=Cc1ccccc1)(c1ccc(Cl)cc1)(c1ccc(Cl)cc1)c1ccc(Cl)cc1. The fraction of sp³-hybridized carbons (Fsp3) is 0.0370. The first-order chi connectivity index (χ1) is 16.6. The second-order valence-corrected chi connectivity index (χ2v) is 15.8. The Morgan fingerprint density at radius 1 is 0.629 bits per heavy atom. The fourth-order valence-electron chi connectivity index (χ4n) is 3.99. The van der Waals surface area contributed by atoms with E-state index in [1.807, 2.05) is 37.0 Å². The Morgan fingerprint density at radius 3 is 1.37 bits per heavy atom. The van der Waals surface area contributed by atoms with Crippen molar-refractivity contribution in [2.75, 3.05) is 6.66 Å². The van der Waals surface area contributed by atoms with Crippen LogP contribution in [-0.4, -0.2) is 15.1 Å². The number of benzene rings is 4. The molecule has 0 heterocycles. The fourth-order valence-corrected chi connectivity index (χ4v) is 11.5. The van der Waals surface area contributed by atoms with E-state index in [2.05, 4.69) is 0 Å².